The van der Waals surface area contributed by atoms with E-state index < -0.39 is 5.97 Å². The lowest BCUT2D eigenvalue weighted by molar-refractivity contribution is -0.132. The maximum Gasteiger partial charge on any atom is 0.331 e. The Kier molecular flexibility index (Phi) is 16.6. The fourth-order valence-electron chi connectivity index (χ4n) is 2.42. The van der Waals surface area contributed by atoms with Gasteiger partial charge in [0, 0.05) is 5.57 Å². The first-order valence-electron chi connectivity index (χ1n) is 9.59. The Morgan fingerprint density at radius 1 is 0.750 bits per heavy atom. The zero-order valence-corrected chi connectivity index (χ0v) is 15.7. The van der Waals surface area contributed by atoms with Gasteiger partial charge in [-0.1, -0.05) is 75.6 Å². The van der Waals surface area contributed by atoms with Gasteiger partial charge in [0.1, 0.15) is 0 Å². The Labute approximate surface area is 149 Å². The standard InChI is InChI=1S/C22H36O2/c1-3-5-6-7-8-9-10-11-12-13-14-15-16-17-18-19-20-21(4-2)22(23)24/h5-6,8-9,11-12,20H,3-4,7,10,13-19H2,1-2H3,(H,23,24). The summed E-state index contributed by atoms with van der Waals surface area (Å²) >= 11 is 0. The molecule has 0 aromatic rings. The average molecular weight is 333 g/mol. The van der Waals surface area contributed by atoms with Gasteiger partial charge < -0.3 is 5.11 Å². The monoisotopic (exact) mass is 332 g/mol. The number of carboxylic acids is 1. The van der Waals surface area contributed by atoms with E-state index in [4.69, 9.17) is 5.11 Å². The zero-order chi connectivity index (χ0) is 17.9. The molecule has 0 amide bonds. The molecule has 0 aromatic carbocycles. The summed E-state index contributed by atoms with van der Waals surface area (Å²) in [5.74, 6) is -0.767. The molecule has 0 radical (unpaired) electrons. The van der Waals surface area contributed by atoms with Crippen LogP contribution in [0.2, 0.25) is 0 Å². The average Bonchev–Trinajstić information content (AvgIpc) is 2.57. The molecule has 0 rings (SSSR count). The molecule has 0 aromatic heterocycles. The molecule has 0 heterocycles. The summed E-state index contributed by atoms with van der Waals surface area (Å²) in [7, 11) is 0. The van der Waals surface area contributed by atoms with E-state index in [0.29, 0.717) is 12.0 Å². The van der Waals surface area contributed by atoms with Crippen LogP contribution < -0.4 is 0 Å². The maximum absolute atomic E-state index is 10.8. The summed E-state index contributed by atoms with van der Waals surface area (Å²) < 4.78 is 0. The van der Waals surface area contributed by atoms with E-state index in [1.165, 1.54) is 32.1 Å². The van der Waals surface area contributed by atoms with Crippen LogP contribution >= 0.6 is 0 Å². The molecule has 2 heteroatoms. The number of unbranched alkanes of at least 4 members (excludes halogenated alkanes) is 6. The van der Waals surface area contributed by atoms with Crippen LogP contribution in [0.3, 0.4) is 0 Å². The Balaban J connectivity index is 3.43. The van der Waals surface area contributed by atoms with E-state index >= 15 is 0 Å². The quantitative estimate of drug-likeness (QED) is 0.199. The molecule has 0 bridgehead atoms. The maximum atomic E-state index is 10.8. The predicted molar refractivity (Wildman–Crippen MR) is 105 cm³/mol. The van der Waals surface area contributed by atoms with E-state index in [1.54, 1.807) is 0 Å². The molecule has 0 atom stereocenters. The van der Waals surface area contributed by atoms with E-state index in [2.05, 4.69) is 43.4 Å². The zero-order valence-electron chi connectivity index (χ0n) is 15.7. The second-order valence-electron chi connectivity index (χ2n) is 6.03. The summed E-state index contributed by atoms with van der Waals surface area (Å²) in [6.45, 7) is 4.05. The third-order valence-corrected chi connectivity index (χ3v) is 3.90. The first-order valence-corrected chi connectivity index (χ1v) is 9.59. The lowest BCUT2D eigenvalue weighted by Crippen LogP contribution is -1.98. The summed E-state index contributed by atoms with van der Waals surface area (Å²) in [6.07, 6.45) is 27.2. The molecule has 0 aliphatic rings. The summed E-state index contributed by atoms with van der Waals surface area (Å²) in [5.41, 5.74) is 0.551. The van der Waals surface area contributed by atoms with Crippen molar-refractivity contribution >= 4 is 5.97 Å². The second kappa shape index (κ2) is 17.8. The van der Waals surface area contributed by atoms with Crippen molar-refractivity contribution in [1.82, 2.24) is 0 Å². The van der Waals surface area contributed by atoms with Gasteiger partial charge in [-0.05, 0) is 51.4 Å². The van der Waals surface area contributed by atoms with Gasteiger partial charge in [-0.15, -0.1) is 0 Å². The smallest absolute Gasteiger partial charge is 0.331 e. The van der Waals surface area contributed by atoms with Crippen molar-refractivity contribution in [2.24, 2.45) is 0 Å². The van der Waals surface area contributed by atoms with Gasteiger partial charge in [0.2, 0.25) is 0 Å². The van der Waals surface area contributed by atoms with Crippen molar-refractivity contribution in [3.8, 4) is 0 Å². The number of aliphatic carboxylic acids is 1. The lowest BCUT2D eigenvalue weighted by Gasteiger charge is -2.00. The number of carboxylic acid groups (broad SMARTS) is 1. The molecule has 24 heavy (non-hydrogen) atoms. The molecule has 0 aliphatic carbocycles. The van der Waals surface area contributed by atoms with Gasteiger partial charge in [-0.3, -0.25) is 0 Å². The van der Waals surface area contributed by atoms with Crippen molar-refractivity contribution < 1.29 is 9.90 Å². The van der Waals surface area contributed by atoms with Gasteiger partial charge in [-0.2, -0.15) is 0 Å². The number of carbonyl (C=O) groups is 1. The van der Waals surface area contributed by atoms with Crippen LogP contribution in [0.4, 0.5) is 0 Å². The first-order chi connectivity index (χ1) is 11.7. The van der Waals surface area contributed by atoms with Gasteiger partial charge in [0.25, 0.3) is 0 Å². The topological polar surface area (TPSA) is 37.3 Å². The lowest BCUT2D eigenvalue weighted by atomic mass is 10.1. The van der Waals surface area contributed by atoms with Crippen LogP contribution in [0.15, 0.2) is 48.1 Å². The third-order valence-electron chi connectivity index (χ3n) is 3.90. The highest BCUT2D eigenvalue weighted by Gasteiger charge is 2.02. The van der Waals surface area contributed by atoms with Crippen molar-refractivity contribution in [2.75, 3.05) is 0 Å². The molecule has 0 aliphatic heterocycles. The highest BCUT2D eigenvalue weighted by Crippen LogP contribution is 2.10. The van der Waals surface area contributed by atoms with Crippen LogP contribution in [0.5, 0.6) is 0 Å². The Morgan fingerprint density at radius 3 is 1.88 bits per heavy atom. The highest BCUT2D eigenvalue weighted by molar-refractivity contribution is 5.86. The molecule has 1 N–H and O–H groups in total. The van der Waals surface area contributed by atoms with Crippen LogP contribution in [-0.2, 0) is 4.79 Å². The van der Waals surface area contributed by atoms with E-state index in [9.17, 15) is 4.79 Å². The predicted octanol–water partition coefficient (Wildman–Crippen LogP) is 7.00. The SMILES string of the molecule is CCC=CCC=CCC=CCCCCCCCC=C(CC)C(=O)O. The summed E-state index contributed by atoms with van der Waals surface area (Å²) in [5, 5.41) is 8.92. The molecule has 0 spiro atoms. The molecule has 0 saturated heterocycles. The molecule has 2 nitrogen and oxygen atoms in total. The fraction of sp³-hybridized carbons (Fsp3) is 0.591. The van der Waals surface area contributed by atoms with Crippen molar-refractivity contribution in [3.05, 3.63) is 48.1 Å². The van der Waals surface area contributed by atoms with Crippen LogP contribution in [0.25, 0.3) is 0 Å². The van der Waals surface area contributed by atoms with Gasteiger partial charge in [-0.25, -0.2) is 4.79 Å². The summed E-state index contributed by atoms with van der Waals surface area (Å²) in [4.78, 5) is 10.8. The molecular formula is C22H36O2. The number of rotatable bonds is 15. The van der Waals surface area contributed by atoms with Gasteiger partial charge in [0.15, 0.2) is 0 Å². The fourth-order valence-corrected chi connectivity index (χ4v) is 2.42. The van der Waals surface area contributed by atoms with Crippen molar-refractivity contribution in [1.29, 1.82) is 0 Å². The highest BCUT2D eigenvalue weighted by atomic mass is 16.4. The first kappa shape index (κ1) is 22.4. The van der Waals surface area contributed by atoms with Crippen LogP contribution in [0.1, 0.15) is 84.5 Å². The largest absolute Gasteiger partial charge is 0.478 e. The van der Waals surface area contributed by atoms with Crippen molar-refractivity contribution in [2.45, 2.75) is 84.5 Å². The van der Waals surface area contributed by atoms with Crippen molar-refractivity contribution in [3.63, 3.8) is 0 Å². The van der Waals surface area contributed by atoms with E-state index in [1.807, 2.05) is 13.0 Å². The van der Waals surface area contributed by atoms with E-state index in [-0.39, 0.29) is 0 Å². The van der Waals surface area contributed by atoms with E-state index in [0.717, 1.165) is 32.1 Å². The number of hydrogen-bond donors (Lipinski definition) is 1. The Hall–Kier alpha value is -1.57. The normalized spacial score (nSPS) is 12.8. The molecule has 0 unspecified atom stereocenters. The van der Waals surface area contributed by atoms with Gasteiger partial charge >= 0.3 is 5.97 Å². The molecule has 136 valence electrons. The molecule has 0 fully saturated rings. The molecular weight excluding hydrogens is 296 g/mol. The van der Waals surface area contributed by atoms with Gasteiger partial charge in [0.05, 0.1) is 0 Å². The second-order valence-corrected chi connectivity index (χ2v) is 6.03. The minimum atomic E-state index is -0.767. The van der Waals surface area contributed by atoms with Crippen LogP contribution in [-0.4, -0.2) is 11.1 Å². The molecule has 0 saturated carbocycles. The minimum absolute atomic E-state index is 0.551. The Bertz CT molecular complexity index is 414. The number of allylic oxidation sites excluding steroid dienone is 7. The third kappa shape index (κ3) is 15.3. The summed E-state index contributed by atoms with van der Waals surface area (Å²) in [6, 6.07) is 0. The minimum Gasteiger partial charge on any atom is -0.478 e. The van der Waals surface area contributed by atoms with Crippen LogP contribution in [0, 0.1) is 0 Å². The number of hydrogen-bond acceptors (Lipinski definition) is 1. The Morgan fingerprint density at radius 2 is 1.29 bits per heavy atom.